The second-order valence-electron chi connectivity index (χ2n) is 6.66. The summed E-state index contributed by atoms with van der Waals surface area (Å²) >= 11 is 0. The highest BCUT2D eigenvalue weighted by molar-refractivity contribution is 5.74. The van der Waals surface area contributed by atoms with Crippen LogP contribution in [0.3, 0.4) is 0 Å². The largest absolute Gasteiger partial charge is 0.338 e. The maximum absolute atomic E-state index is 12.0. The highest BCUT2D eigenvalue weighted by Crippen LogP contribution is 2.27. The average molecular weight is 301 g/mol. The van der Waals surface area contributed by atoms with Gasteiger partial charge in [0.25, 0.3) is 0 Å². The van der Waals surface area contributed by atoms with E-state index in [9.17, 15) is 4.79 Å². The lowest BCUT2D eigenvalue weighted by Gasteiger charge is -2.40. The first kappa shape index (κ1) is 15.5. The topological polar surface area (TPSA) is 26.8 Å². The van der Waals surface area contributed by atoms with Gasteiger partial charge in [-0.1, -0.05) is 30.3 Å². The number of benzene rings is 1. The van der Waals surface area contributed by atoms with Crippen LogP contribution in [0.25, 0.3) is 0 Å². The minimum atomic E-state index is 0.220. The van der Waals surface area contributed by atoms with Gasteiger partial charge in [0, 0.05) is 45.7 Å². The molecule has 0 N–H and O–H groups in total. The van der Waals surface area contributed by atoms with Crippen molar-refractivity contribution in [2.75, 3.05) is 39.8 Å². The van der Waals surface area contributed by atoms with Crippen molar-refractivity contribution in [3.63, 3.8) is 0 Å². The van der Waals surface area contributed by atoms with Crippen molar-refractivity contribution in [2.24, 2.45) is 0 Å². The van der Waals surface area contributed by atoms with Gasteiger partial charge in [-0.2, -0.15) is 0 Å². The predicted octanol–water partition coefficient (Wildman–Crippen LogP) is 1.47. The molecule has 0 spiro atoms. The maximum Gasteiger partial charge on any atom is 0.219 e. The summed E-state index contributed by atoms with van der Waals surface area (Å²) in [5, 5.41) is 0. The molecule has 4 heteroatoms. The van der Waals surface area contributed by atoms with Crippen molar-refractivity contribution >= 4 is 5.91 Å². The number of likely N-dealkylation sites (tertiary alicyclic amines) is 1. The molecule has 0 saturated carbocycles. The van der Waals surface area contributed by atoms with Gasteiger partial charge in [-0.15, -0.1) is 0 Å². The zero-order valence-electron chi connectivity index (χ0n) is 13.7. The highest BCUT2D eigenvalue weighted by Gasteiger charge is 2.39. The zero-order valence-corrected chi connectivity index (χ0v) is 13.7. The van der Waals surface area contributed by atoms with Crippen LogP contribution in [-0.2, 0) is 11.2 Å². The van der Waals surface area contributed by atoms with E-state index in [2.05, 4.69) is 52.1 Å². The molecular weight excluding hydrogens is 274 g/mol. The summed E-state index contributed by atoms with van der Waals surface area (Å²) in [5.74, 6) is 0.220. The first-order valence-corrected chi connectivity index (χ1v) is 8.39. The second-order valence-corrected chi connectivity index (χ2v) is 6.66. The fourth-order valence-electron chi connectivity index (χ4n) is 3.91. The normalized spacial score (nSPS) is 27.3. The monoisotopic (exact) mass is 301 g/mol. The van der Waals surface area contributed by atoms with Gasteiger partial charge < -0.3 is 9.80 Å². The Bertz CT molecular complexity index is 496. The zero-order chi connectivity index (χ0) is 15.5. The van der Waals surface area contributed by atoms with Gasteiger partial charge in [-0.25, -0.2) is 0 Å². The Kier molecular flexibility index (Phi) is 4.79. The average Bonchev–Trinajstić information content (AvgIpc) is 2.93. The molecule has 22 heavy (non-hydrogen) atoms. The Balaban J connectivity index is 1.75. The minimum absolute atomic E-state index is 0.220. The number of hydrogen-bond donors (Lipinski definition) is 0. The van der Waals surface area contributed by atoms with Crippen LogP contribution in [0.15, 0.2) is 30.3 Å². The summed E-state index contributed by atoms with van der Waals surface area (Å²) in [6.07, 6.45) is 2.08. The lowest BCUT2D eigenvalue weighted by atomic mass is 9.98. The molecule has 3 rings (SSSR count). The van der Waals surface area contributed by atoms with Crippen LogP contribution in [-0.4, -0.2) is 72.5 Å². The van der Waals surface area contributed by atoms with Gasteiger partial charge in [0.15, 0.2) is 0 Å². The van der Waals surface area contributed by atoms with Crippen molar-refractivity contribution in [1.82, 2.24) is 14.7 Å². The predicted molar refractivity (Wildman–Crippen MR) is 88.8 cm³/mol. The number of piperazine rings is 1. The van der Waals surface area contributed by atoms with Crippen molar-refractivity contribution in [2.45, 2.75) is 31.8 Å². The van der Waals surface area contributed by atoms with E-state index in [1.807, 2.05) is 0 Å². The maximum atomic E-state index is 12.0. The third-order valence-corrected chi connectivity index (χ3v) is 5.21. The molecule has 1 amide bonds. The van der Waals surface area contributed by atoms with Crippen LogP contribution in [0.4, 0.5) is 0 Å². The molecule has 2 heterocycles. The molecule has 120 valence electrons. The van der Waals surface area contributed by atoms with Crippen LogP contribution in [0.1, 0.15) is 18.9 Å². The Morgan fingerprint density at radius 2 is 1.77 bits per heavy atom. The Morgan fingerprint density at radius 1 is 1.09 bits per heavy atom. The third kappa shape index (κ3) is 3.33. The fourth-order valence-corrected chi connectivity index (χ4v) is 3.91. The molecule has 0 aliphatic carbocycles. The number of rotatable bonds is 3. The van der Waals surface area contributed by atoms with Gasteiger partial charge in [0.05, 0.1) is 6.04 Å². The fraction of sp³-hybridized carbons (Fsp3) is 0.611. The molecule has 0 aromatic heterocycles. The quantitative estimate of drug-likeness (QED) is 0.846. The van der Waals surface area contributed by atoms with Crippen LogP contribution >= 0.6 is 0 Å². The molecule has 0 radical (unpaired) electrons. The highest BCUT2D eigenvalue weighted by atomic mass is 16.2. The van der Waals surface area contributed by atoms with Crippen molar-refractivity contribution < 1.29 is 4.79 Å². The first-order valence-electron chi connectivity index (χ1n) is 8.39. The molecule has 0 unspecified atom stereocenters. The Morgan fingerprint density at radius 3 is 2.41 bits per heavy atom. The molecule has 2 aliphatic rings. The number of carbonyl (C=O) groups is 1. The summed E-state index contributed by atoms with van der Waals surface area (Å²) in [4.78, 5) is 19.1. The van der Waals surface area contributed by atoms with Crippen LogP contribution in [0.5, 0.6) is 0 Å². The van der Waals surface area contributed by atoms with E-state index in [4.69, 9.17) is 0 Å². The van der Waals surface area contributed by atoms with E-state index in [1.54, 1.807) is 6.92 Å². The van der Waals surface area contributed by atoms with E-state index in [0.29, 0.717) is 12.1 Å². The molecule has 4 nitrogen and oxygen atoms in total. The second kappa shape index (κ2) is 6.80. The van der Waals surface area contributed by atoms with Crippen LogP contribution in [0.2, 0.25) is 0 Å². The minimum Gasteiger partial charge on any atom is -0.338 e. The molecule has 0 bridgehead atoms. The van der Waals surface area contributed by atoms with E-state index < -0.39 is 0 Å². The molecule has 2 atom stereocenters. The van der Waals surface area contributed by atoms with Gasteiger partial charge in [0.2, 0.25) is 5.91 Å². The Labute approximate surface area is 133 Å². The number of nitrogens with zero attached hydrogens (tertiary/aromatic N) is 3. The lowest BCUT2D eigenvalue weighted by molar-refractivity contribution is -0.130. The van der Waals surface area contributed by atoms with Crippen molar-refractivity contribution in [3.05, 3.63) is 35.9 Å². The summed E-state index contributed by atoms with van der Waals surface area (Å²) < 4.78 is 0. The third-order valence-electron chi connectivity index (χ3n) is 5.21. The van der Waals surface area contributed by atoms with Gasteiger partial charge in [0.1, 0.15) is 0 Å². The SMILES string of the molecule is CC(=O)N1CC[C@@H](N2CCN(C)CC2)[C@@H]1Cc1ccccc1. The summed E-state index contributed by atoms with van der Waals surface area (Å²) in [6.45, 7) is 7.13. The lowest BCUT2D eigenvalue weighted by Crippen LogP contribution is -2.54. The molecule has 2 fully saturated rings. The number of likely N-dealkylation sites (N-methyl/N-ethyl adjacent to an activating group) is 1. The van der Waals surface area contributed by atoms with Crippen LogP contribution < -0.4 is 0 Å². The van der Waals surface area contributed by atoms with Crippen LogP contribution in [0, 0.1) is 0 Å². The number of amides is 1. The Hall–Kier alpha value is -1.39. The number of hydrogen-bond acceptors (Lipinski definition) is 3. The van der Waals surface area contributed by atoms with Gasteiger partial charge in [-0.05, 0) is 25.5 Å². The van der Waals surface area contributed by atoms with Gasteiger partial charge >= 0.3 is 0 Å². The van der Waals surface area contributed by atoms with E-state index in [-0.39, 0.29) is 5.91 Å². The molecule has 1 aromatic rings. The molecule has 2 saturated heterocycles. The summed E-state index contributed by atoms with van der Waals surface area (Å²) in [5.41, 5.74) is 1.33. The number of carbonyl (C=O) groups excluding carboxylic acids is 1. The molecular formula is C18H27N3O. The van der Waals surface area contributed by atoms with Gasteiger partial charge in [-0.3, -0.25) is 9.69 Å². The smallest absolute Gasteiger partial charge is 0.219 e. The van der Waals surface area contributed by atoms with Crippen molar-refractivity contribution in [3.8, 4) is 0 Å². The van der Waals surface area contributed by atoms with E-state index >= 15 is 0 Å². The standard InChI is InChI=1S/C18H27N3O/c1-15(22)21-9-8-17(20-12-10-19(2)11-13-20)18(21)14-16-6-4-3-5-7-16/h3-7,17-18H,8-14H2,1-2H3/t17-,18+/m1/s1. The van der Waals surface area contributed by atoms with E-state index in [1.165, 1.54) is 5.56 Å². The summed E-state index contributed by atoms with van der Waals surface area (Å²) in [7, 11) is 2.19. The van der Waals surface area contributed by atoms with E-state index in [0.717, 1.165) is 45.6 Å². The molecule has 1 aromatic carbocycles. The first-order chi connectivity index (χ1) is 10.6. The van der Waals surface area contributed by atoms with Crippen molar-refractivity contribution in [1.29, 1.82) is 0 Å². The molecule has 2 aliphatic heterocycles. The summed E-state index contributed by atoms with van der Waals surface area (Å²) in [6, 6.07) is 11.4.